The summed E-state index contributed by atoms with van der Waals surface area (Å²) in [6.07, 6.45) is 0.911. The first-order valence-electron chi connectivity index (χ1n) is 13.1. The molecule has 0 atom stereocenters. The second-order valence-corrected chi connectivity index (χ2v) is 9.81. The van der Waals surface area contributed by atoms with Gasteiger partial charge in [0.25, 0.3) is 5.56 Å². The molecule has 3 heterocycles. The first-order valence-corrected chi connectivity index (χ1v) is 13.1. The summed E-state index contributed by atoms with van der Waals surface area (Å²) in [4.78, 5) is 18.4. The van der Waals surface area contributed by atoms with E-state index in [1.165, 1.54) is 11.1 Å². The highest BCUT2D eigenvalue weighted by atomic mass is 16.1. The zero-order chi connectivity index (χ0) is 25.2. The maximum Gasteiger partial charge on any atom is 0.296 e. The van der Waals surface area contributed by atoms with Gasteiger partial charge in [-0.25, -0.2) is 0 Å². The third-order valence-corrected chi connectivity index (χ3v) is 7.53. The SMILES string of the molecule is Cc1nnc2c(=O)n(CCCN3CCN(C(c4ccccc4)c4ccccc4)CC3)c3ccccc3n12. The first kappa shape index (κ1) is 23.6. The zero-order valence-corrected chi connectivity index (χ0v) is 21.2. The standard InChI is InChI=1S/C30H32N6O/c1-23-31-32-29-30(37)35(26-15-8-9-16-27(26)36(23)29)18-10-17-33-19-21-34(22-20-33)28(24-11-4-2-5-12-24)25-13-6-3-7-14-25/h2-9,11-16,28H,10,17-22H2,1H3. The number of hydrogen-bond acceptors (Lipinski definition) is 5. The van der Waals surface area contributed by atoms with E-state index in [9.17, 15) is 4.79 Å². The first-order chi connectivity index (χ1) is 18.2. The predicted octanol–water partition coefficient (Wildman–Crippen LogP) is 4.15. The summed E-state index contributed by atoms with van der Waals surface area (Å²) in [5, 5.41) is 8.32. The molecular formula is C30H32N6O. The van der Waals surface area contributed by atoms with E-state index in [2.05, 4.69) is 80.7 Å². The molecule has 6 rings (SSSR count). The lowest BCUT2D eigenvalue weighted by atomic mass is 9.96. The molecule has 0 N–H and O–H groups in total. The number of benzene rings is 3. The monoisotopic (exact) mass is 492 g/mol. The van der Waals surface area contributed by atoms with Gasteiger partial charge in [0.15, 0.2) is 0 Å². The van der Waals surface area contributed by atoms with E-state index in [-0.39, 0.29) is 11.6 Å². The molecule has 0 amide bonds. The summed E-state index contributed by atoms with van der Waals surface area (Å²) >= 11 is 0. The van der Waals surface area contributed by atoms with Gasteiger partial charge < -0.3 is 9.47 Å². The van der Waals surface area contributed by atoms with Gasteiger partial charge in [-0.3, -0.25) is 14.1 Å². The second kappa shape index (κ2) is 10.3. The van der Waals surface area contributed by atoms with Gasteiger partial charge >= 0.3 is 0 Å². The highest BCUT2D eigenvalue weighted by Gasteiger charge is 2.26. The molecule has 5 aromatic rings. The number of rotatable bonds is 7. The van der Waals surface area contributed by atoms with Gasteiger partial charge in [0.05, 0.1) is 17.1 Å². The Morgan fingerprint density at radius 1 is 0.730 bits per heavy atom. The summed E-state index contributed by atoms with van der Waals surface area (Å²) in [5.74, 6) is 0.734. The van der Waals surface area contributed by atoms with Gasteiger partial charge in [-0.1, -0.05) is 72.8 Å². The summed E-state index contributed by atoms with van der Waals surface area (Å²) in [5.41, 5.74) is 4.91. The van der Waals surface area contributed by atoms with Crippen LogP contribution in [0.4, 0.5) is 0 Å². The molecule has 7 nitrogen and oxygen atoms in total. The highest BCUT2D eigenvalue weighted by molar-refractivity contribution is 5.78. The minimum atomic E-state index is -0.0716. The van der Waals surface area contributed by atoms with Crippen molar-refractivity contribution in [2.75, 3.05) is 32.7 Å². The molecule has 3 aromatic carbocycles. The van der Waals surface area contributed by atoms with E-state index >= 15 is 0 Å². The Balaban J connectivity index is 1.14. The third kappa shape index (κ3) is 4.56. The molecule has 188 valence electrons. The lowest BCUT2D eigenvalue weighted by Gasteiger charge is -2.40. The molecule has 0 bridgehead atoms. The van der Waals surface area contributed by atoms with Crippen LogP contribution in [0.2, 0.25) is 0 Å². The Bertz CT molecular complexity index is 1510. The molecule has 0 spiro atoms. The van der Waals surface area contributed by atoms with Crippen molar-refractivity contribution in [2.45, 2.75) is 25.9 Å². The van der Waals surface area contributed by atoms with E-state index in [1.807, 2.05) is 40.2 Å². The van der Waals surface area contributed by atoms with Crippen molar-refractivity contribution < 1.29 is 0 Å². The number of hydrogen-bond donors (Lipinski definition) is 0. The average molecular weight is 493 g/mol. The third-order valence-electron chi connectivity index (χ3n) is 7.53. The second-order valence-electron chi connectivity index (χ2n) is 9.81. The normalized spacial score (nSPS) is 15.2. The topological polar surface area (TPSA) is 58.7 Å². The Kier molecular flexibility index (Phi) is 6.55. The van der Waals surface area contributed by atoms with Crippen molar-refractivity contribution in [1.29, 1.82) is 0 Å². The number of fused-ring (bicyclic) bond motifs is 3. The minimum absolute atomic E-state index is 0.0716. The molecule has 0 saturated carbocycles. The summed E-state index contributed by atoms with van der Waals surface area (Å²) < 4.78 is 3.74. The Labute approximate surface area is 216 Å². The Hall–Kier alpha value is -3.81. The van der Waals surface area contributed by atoms with E-state index in [1.54, 1.807) is 0 Å². The van der Waals surface area contributed by atoms with Crippen LogP contribution < -0.4 is 5.56 Å². The van der Waals surface area contributed by atoms with Gasteiger partial charge in [0.2, 0.25) is 5.65 Å². The number of aromatic nitrogens is 4. The van der Waals surface area contributed by atoms with Gasteiger partial charge in [-0.05, 0) is 43.1 Å². The largest absolute Gasteiger partial charge is 0.304 e. The fourth-order valence-corrected chi connectivity index (χ4v) is 5.71. The van der Waals surface area contributed by atoms with E-state index in [4.69, 9.17) is 0 Å². The molecule has 0 aliphatic carbocycles. The highest BCUT2D eigenvalue weighted by Crippen LogP contribution is 2.29. The molecule has 0 unspecified atom stereocenters. The van der Waals surface area contributed by atoms with E-state index < -0.39 is 0 Å². The van der Waals surface area contributed by atoms with Crippen LogP contribution in [0.25, 0.3) is 16.7 Å². The molecule has 1 aliphatic rings. The Morgan fingerprint density at radius 2 is 1.32 bits per heavy atom. The average Bonchev–Trinajstić information content (AvgIpc) is 3.34. The van der Waals surface area contributed by atoms with E-state index in [0.717, 1.165) is 56.0 Å². The molecule has 2 aromatic heterocycles. The molecule has 0 radical (unpaired) electrons. The van der Waals surface area contributed by atoms with Gasteiger partial charge in [0, 0.05) is 32.7 Å². The van der Waals surface area contributed by atoms with Gasteiger partial charge in [0.1, 0.15) is 5.82 Å². The van der Waals surface area contributed by atoms with Crippen molar-refractivity contribution in [2.24, 2.45) is 0 Å². The van der Waals surface area contributed by atoms with Crippen molar-refractivity contribution in [3.63, 3.8) is 0 Å². The maximum atomic E-state index is 13.2. The van der Waals surface area contributed by atoms with Crippen LogP contribution in [-0.4, -0.2) is 61.7 Å². The Morgan fingerprint density at radius 3 is 1.97 bits per heavy atom. The lowest BCUT2D eigenvalue weighted by Crippen LogP contribution is -2.48. The van der Waals surface area contributed by atoms with Crippen LogP contribution in [0.3, 0.4) is 0 Å². The lowest BCUT2D eigenvalue weighted by molar-refractivity contribution is 0.108. The molecule has 1 aliphatic heterocycles. The summed E-state index contributed by atoms with van der Waals surface area (Å²) in [7, 11) is 0. The van der Waals surface area contributed by atoms with Gasteiger partial charge in [-0.15, -0.1) is 10.2 Å². The fourth-order valence-electron chi connectivity index (χ4n) is 5.71. The van der Waals surface area contributed by atoms with Crippen LogP contribution in [0.15, 0.2) is 89.7 Å². The molecule has 7 heteroatoms. The number of piperazine rings is 1. The van der Waals surface area contributed by atoms with Crippen LogP contribution in [0.5, 0.6) is 0 Å². The minimum Gasteiger partial charge on any atom is -0.304 e. The summed E-state index contributed by atoms with van der Waals surface area (Å²) in [6.45, 7) is 7.59. The fraction of sp³-hybridized carbons (Fsp3) is 0.300. The van der Waals surface area contributed by atoms with Crippen LogP contribution in [0, 0.1) is 6.92 Å². The van der Waals surface area contributed by atoms with Crippen LogP contribution in [0.1, 0.15) is 29.4 Å². The zero-order valence-electron chi connectivity index (χ0n) is 21.2. The predicted molar refractivity (Wildman–Crippen MR) is 147 cm³/mol. The van der Waals surface area contributed by atoms with Crippen LogP contribution in [-0.2, 0) is 6.54 Å². The quantitative estimate of drug-likeness (QED) is 0.342. The molecule has 37 heavy (non-hydrogen) atoms. The molecular weight excluding hydrogens is 460 g/mol. The van der Waals surface area contributed by atoms with Crippen molar-refractivity contribution in [1.82, 2.24) is 29.0 Å². The van der Waals surface area contributed by atoms with Gasteiger partial charge in [-0.2, -0.15) is 0 Å². The molecule has 1 saturated heterocycles. The van der Waals surface area contributed by atoms with E-state index in [0.29, 0.717) is 12.2 Å². The summed E-state index contributed by atoms with van der Waals surface area (Å²) in [6, 6.07) is 29.9. The number of para-hydroxylation sites is 2. The smallest absolute Gasteiger partial charge is 0.296 e. The number of aryl methyl sites for hydroxylation is 2. The van der Waals surface area contributed by atoms with Crippen molar-refractivity contribution in [3.8, 4) is 0 Å². The van der Waals surface area contributed by atoms with Crippen LogP contribution >= 0.6 is 0 Å². The maximum absolute atomic E-state index is 13.2. The molecule has 1 fully saturated rings. The van der Waals surface area contributed by atoms with Crippen molar-refractivity contribution in [3.05, 3.63) is 112 Å². The van der Waals surface area contributed by atoms with Crippen molar-refractivity contribution >= 4 is 16.7 Å². The number of nitrogens with zero attached hydrogens (tertiary/aromatic N) is 6.